The number of nitrogens with zero attached hydrogens (tertiary/aromatic N) is 1. The monoisotopic (exact) mass is 258 g/mol. The highest BCUT2D eigenvalue weighted by Crippen LogP contribution is 2.20. The van der Waals surface area contributed by atoms with Crippen molar-refractivity contribution in [1.82, 2.24) is 4.57 Å². The van der Waals surface area contributed by atoms with E-state index in [1.165, 1.54) is 0 Å². The Labute approximate surface area is 112 Å². The van der Waals surface area contributed by atoms with Gasteiger partial charge in [-0.3, -0.25) is 4.79 Å². The van der Waals surface area contributed by atoms with E-state index in [9.17, 15) is 4.79 Å². The fourth-order valence-corrected chi connectivity index (χ4v) is 2.05. The zero-order valence-electron chi connectivity index (χ0n) is 11.2. The van der Waals surface area contributed by atoms with Crippen LogP contribution in [0.4, 0.5) is 0 Å². The van der Waals surface area contributed by atoms with Crippen molar-refractivity contribution in [2.75, 3.05) is 7.11 Å². The highest BCUT2D eigenvalue weighted by atomic mass is 16.5. The van der Waals surface area contributed by atoms with Gasteiger partial charge in [-0.2, -0.15) is 0 Å². The number of methoxy groups -OCH3 is 1. The third-order valence-corrected chi connectivity index (χ3v) is 3.13. The van der Waals surface area contributed by atoms with Gasteiger partial charge in [0.25, 0.3) is 5.56 Å². The number of nitrogens with two attached hydrogens (primary N) is 1. The Morgan fingerprint density at radius 3 is 2.79 bits per heavy atom. The fourth-order valence-electron chi connectivity index (χ4n) is 2.05. The van der Waals surface area contributed by atoms with E-state index in [2.05, 4.69) is 0 Å². The molecule has 0 fully saturated rings. The summed E-state index contributed by atoms with van der Waals surface area (Å²) in [6.45, 7) is 2.77. The first kappa shape index (κ1) is 13.4. The van der Waals surface area contributed by atoms with Gasteiger partial charge in [0.1, 0.15) is 5.75 Å². The molecule has 4 heteroatoms. The van der Waals surface area contributed by atoms with E-state index < -0.39 is 0 Å². The van der Waals surface area contributed by atoms with Crippen LogP contribution in [0, 0.1) is 6.92 Å². The normalized spacial score (nSPS) is 10.5. The van der Waals surface area contributed by atoms with Crippen molar-refractivity contribution in [2.45, 2.75) is 20.0 Å². The standard InChI is InChI=1S/C15H18N2O2/c1-11-4-3-7-17(15(11)18)10-13-8-12(9-16)5-6-14(13)19-2/h3-8H,9-10,16H2,1-2H3. The summed E-state index contributed by atoms with van der Waals surface area (Å²) in [5.74, 6) is 0.769. The van der Waals surface area contributed by atoms with Gasteiger partial charge in [-0.15, -0.1) is 0 Å². The summed E-state index contributed by atoms with van der Waals surface area (Å²) in [4.78, 5) is 12.0. The lowest BCUT2D eigenvalue weighted by Gasteiger charge is -2.12. The summed E-state index contributed by atoms with van der Waals surface area (Å²) in [6.07, 6.45) is 1.78. The van der Waals surface area contributed by atoms with E-state index in [0.29, 0.717) is 13.1 Å². The third-order valence-electron chi connectivity index (χ3n) is 3.13. The maximum Gasteiger partial charge on any atom is 0.253 e. The fraction of sp³-hybridized carbons (Fsp3) is 0.267. The molecule has 1 aromatic heterocycles. The quantitative estimate of drug-likeness (QED) is 0.907. The first-order valence-electron chi connectivity index (χ1n) is 6.17. The average molecular weight is 258 g/mol. The van der Waals surface area contributed by atoms with Gasteiger partial charge in [-0.05, 0) is 30.7 Å². The number of pyridine rings is 1. The van der Waals surface area contributed by atoms with Gasteiger partial charge in [-0.1, -0.05) is 12.1 Å². The molecule has 0 spiro atoms. The van der Waals surface area contributed by atoms with Gasteiger partial charge >= 0.3 is 0 Å². The lowest BCUT2D eigenvalue weighted by atomic mass is 10.1. The van der Waals surface area contributed by atoms with Crippen LogP contribution in [0.15, 0.2) is 41.3 Å². The molecule has 0 saturated carbocycles. The van der Waals surface area contributed by atoms with Crippen molar-refractivity contribution >= 4 is 0 Å². The first-order valence-corrected chi connectivity index (χ1v) is 6.17. The number of ether oxygens (including phenoxy) is 1. The van der Waals surface area contributed by atoms with Crippen molar-refractivity contribution in [1.29, 1.82) is 0 Å². The molecular weight excluding hydrogens is 240 g/mol. The Morgan fingerprint density at radius 2 is 2.11 bits per heavy atom. The second-order valence-corrected chi connectivity index (χ2v) is 4.47. The Morgan fingerprint density at radius 1 is 1.32 bits per heavy atom. The number of aromatic nitrogens is 1. The molecule has 2 aromatic rings. The van der Waals surface area contributed by atoms with Crippen LogP contribution in [0.1, 0.15) is 16.7 Å². The number of hydrogen-bond donors (Lipinski definition) is 1. The molecule has 2 rings (SSSR count). The smallest absolute Gasteiger partial charge is 0.253 e. The minimum atomic E-state index is 0.0164. The molecule has 0 aliphatic rings. The summed E-state index contributed by atoms with van der Waals surface area (Å²) < 4.78 is 7.01. The van der Waals surface area contributed by atoms with Crippen LogP contribution in [0.5, 0.6) is 5.75 Å². The second kappa shape index (κ2) is 5.71. The number of rotatable bonds is 4. The molecule has 0 amide bonds. The lowest BCUT2D eigenvalue weighted by Crippen LogP contribution is -2.22. The molecule has 0 aliphatic carbocycles. The molecular formula is C15H18N2O2. The molecule has 1 aromatic carbocycles. The molecule has 4 nitrogen and oxygen atoms in total. The first-order chi connectivity index (χ1) is 9.15. The number of hydrogen-bond acceptors (Lipinski definition) is 3. The minimum absolute atomic E-state index is 0.0164. The van der Waals surface area contributed by atoms with Crippen molar-refractivity contribution < 1.29 is 4.74 Å². The maximum absolute atomic E-state index is 12.0. The molecule has 100 valence electrons. The van der Waals surface area contributed by atoms with Gasteiger partial charge in [0.05, 0.1) is 13.7 Å². The van der Waals surface area contributed by atoms with Crippen LogP contribution in [0.25, 0.3) is 0 Å². The Bertz CT molecular complexity index is 632. The summed E-state index contributed by atoms with van der Waals surface area (Å²) in [5, 5.41) is 0. The zero-order valence-corrected chi connectivity index (χ0v) is 11.2. The van der Waals surface area contributed by atoms with E-state index in [0.717, 1.165) is 22.4 Å². The van der Waals surface area contributed by atoms with Gasteiger partial charge < -0.3 is 15.0 Å². The molecule has 1 heterocycles. The highest BCUT2D eigenvalue weighted by Gasteiger charge is 2.06. The van der Waals surface area contributed by atoms with E-state index in [-0.39, 0.29) is 5.56 Å². The SMILES string of the molecule is COc1ccc(CN)cc1Cn1cccc(C)c1=O. The van der Waals surface area contributed by atoms with Crippen molar-refractivity contribution in [2.24, 2.45) is 5.73 Å². The van der Waals surface area contributed by atoms with Crippen LogP contribution >= 0.6 is 0 Å². The van der Waals surface area contributed by atoms with Crippen molar-refractivity contribution in [3.63, 3.8) is 0 Å². The van der Waals surface area contributed by atoms with Crippen LogP contribution in [0.3, 0.4) is 0 Å². The summed E-state index contributed by atoms with van der Waals surface area (Å²) in [6, 6.07) is 9.48. The number of aryl methyl sites for hydroxylation is 1. The molecule has 0 radical (unpaired) electrons. The van der Waals surface area contributed by atoms with Gasteiger partial charge in [-0.25, -0.2) is 0 Å². The Kier molecular flexibility index (Phi) is 4.02. The lowest BCUT2D eigenvalue weighted by molar-refractivity contribution is 0.408. The van der Waals surface area contributed by atoms with Crippen LogP contribution < -0.4 is 16.0 Å². The Balaban J connectivity index is 2.42. The van der Waals surface area contributed by atoms with Crippen LogP contribution in [-0.2, 0) is 13.1 Å². The van der Waals surface area contributed by atoms with Crippen LogP contribution in [0.2, 0.25) is 0 Å². The predicted molar refractivity (Wildman–Crippen MR) is 75.4 cm³/mol. The van der Waals surface area contributed by atoms with Crippen LogP contribution in [-0.4, -0.2) is 11.7 Å². The third kappa shape index (κ3) is 2.85. The molecule has 2 N–H and O–H groups in total. The predicted octanol–water partition coefficient (Wildman–Crippen LogP) is 1.67. The molecule has 0 atom stereocenters. The maximum atomic E-state index is 12.0. The molecule has 0 saturated heterocycles. The van der Waals surface area contributed by atoms with E-state index in [1.807, 2.05) is 37.3 Å². The largest absolute Gasteiger partial charge is 0.496 e. The van der Waals surface area contributed by atoms with Gasteiger partial charge in [0, 0.05) is 23.9 Å². The van der Waals surface area contributed by atoms with Gasteiger partial charge in [0.15, 0.2) is 0 Å². The topological polar surface area (TPSA) is 57.2 Å². The molecule has 0 unspecified atom stereocenters. The summed E-state index contributed by atoms with van der Waals surface area (Å²) in [5.41, 5.74) is 8.38. The zero-order chi connectivity index (χ0) is 13.8. The minimum Gasteiger partial charge on any atom is -0.496 e. The Hall–Kier alpha value is -2.07. The molecule has 0 aliphatic heterocycles. The highest BCUT2D eigenvalue weighted by molar-refractivity contribution is 5.37. The summed E-state index contributed by atoms with van der Waals surface area (Å²) in [7, 11) is 1.62. The number of benzene rings is 1. The summed E-state index contributed by atoms with van der Waals surface area (Å²) >= 11 is 0. The van der Waals surface area contributed by atoms with Gasteiger partial charge in [0.2, 0.25) is 0 Å². The van der Waals surface area contributed by atoms with Crippen molar-refractivity contribution in [3.05, 3.63) is 63.6 Å². The van der Waals surface area contributed by atoms with E-state index in [4.69, 9.17) is 10.5 Å². The van der Waals surface area contributed by atoms with E-state index >= 15 is 0 Å². The molecule has 19 heavy (non-hydrogen) atoms. The average Bonchev–Trinajstić information content (AvgIpc) is 2.43. The van der Waals surface area contributed by atoms with Crippen molar-refractivity contribution in [3.8, 4) is 5.75 Å². The molecule has 0 bridgehead atoms. The van der Waals surface area contributed by atoms with E-state index in [1.54, 1.807) is 17.9 Å². The second-order valence-electron chi connectivity index (χ2n) is 4.47.